The molecule has 0 unspecified atom stereocenters. The molecule has 2 aromatic carbocycles. The molecule has 0 saturated carbocycles. The molecular formula is C29H44F2N5O5S+. The Morgan fingerprint density at radius 1 is 1.17 bits per heavy atom. The zero-order valence-electron chi connectivity index (χ0n) is 25.4. The fourth-order valence-corrected chi connectivity index (χ4v) is 4.22. The zero-order valence-corrected chi connectivity index (χ0v) is 26.2. The average molecular weight is 613 g/mol. The molecule has 0 fully saturated rings. The Morgan fingerprint density at radius 2 is 1.86 bits per heavy atom. The lowest BCUT2D eigenvalue weighted by molar-refractivity contribution is -0.679. The maximum atomic E-state index is 12.5. The van der Waals surface area contributed by atoms with E-state index in [1.54, 1.807) is 32.4 Å². The van der Waals surface area contributed by atoms with E-state index in [0.29, 0.717) is 26.1 Å². The number of carbonyl (C=O) groups excluding carboxylic acids is 1. The van der Waals surface area contributed by atoms with E-state index in [1.807, 2.05) is 74.3 Å². The smallest absolute Gasteiger partial charge is 0.293 e. The van der Waals surface area contributed by atoms with Crippen molar-refractivity contribution < 1.29 is 38.5 Å². The molecule has 234 valence electrons. The minimum absolute atomic E-state index is 0.251. The van der Waals surface area contributed by atoms with Gasteiger partial charge in [-0.25, -0.2) is 19.5 Å². The number of nitrogens with one attached hydrogen (secondary N) is 1. The number of hydrogen-bond donors (Lipinski definition) is 2. The second kappa shape index (κ2) is 19.8. The van der Waals surface area contributed by atoms with Crippen molar-refractivity contribution in [2.75, 3.05) is 53.0 Å². The van der Waals surface area contributed by atoms with Gasteiger partial charge in [0.15, 0.2) is 0 Å². The lowest BCUT2D eigenvalue weighted by Crippen LogP contribution is -2.46. The Balaban J connectivity index is 0.000000761. The second-order valence-corrected chi connectivity index (χ2v) is 10.8. The maximum absolute atomic E-state index is 12.5. The van der Waals surface area contributed by atoms with E-state index < -0.39 is 6.43 Å². The molecule has 0 spiro atoms. The fraction of sp³-hybridized carbons (Fsp3) is 0.448. The molecule has 0 saturated heterocycles. The standard InChI is InChI=1S/C23H28F2N4O2S.C5H10O2.CH6NO/c1-28(16-23(24)25)15-17-10-11-29(26-13-17)20-6-4-5-7-22(20)32-27-14-18-8-9-19(30-2)12-21(18)31-3;1-5(2,3)7-4-6;1-3-2/h4-10,12-13,23,27H,11,14-16H2,1-3H3;4H,1-3H3;1-2H3/q;;+1. The van der Waals surface area contributed by atoms with Crippen molar-refractivity contribution in [3.05, 3.63) is 59.7 Å². The number of benzene rings is 2. The summed E-state index contributed by atoms with van der Waals surface area (Å²) in [6, 6.07) is 13.7. The minimum atomic E-state index is -2.34. The summed E-state index contributed by atoms with van der Waals surface area (Å²) >= 11 is 1.52. The molecule has 10 nitrogen and oxygen atoms in total. The molecule has 13 heteroatoms. The number of likely N-dealkylation sites (N-methyl/N-ethyl adjacent to an activating group) is 1. The first-order valence-electron chi connectivity index (χ1n) is 13.0. The van der Waals surface area contributed by atoms with E-state index >= 15 is 0 Å². The van der Waals surface area contributed by atoms with Crippen LogP contribution in [0.3, 0.4) is 0 Å². The van der Waals surface area contributed by atoms with Crippen LogP contribution in [-0.4, -0.2) is 77.6 Å². The number of methoxy groups -OCH3 is 2. The number of hydrazone groups is 1. The third-order valence-corrected chi connectivity index (χ3v) is 6.13. The van der Waals surface area contributed by atoms with Crippen LogP contribution in [0.1, 0.15) is 26.3 Å². The highest BCUT2D eigenvalue weighted by Crippen LogP contribution is 2.31. The van der Waals surface area contributed by atoms with Gasteiger partial charge in [0.1, 0.15) is 17.1 Å². The summed E-state index contributed by atoms with van der Waals surface area (Å²) in [5, 5.41) is 6.43. The van der Waals surface area contributed by atoms with Crippen LogP contribution < -0.4 is 25.1 Å². The normalized spacial score (nSPS) is 12.6. The van der Waals surface area contributed by atoms with E-state index in [4.69, 9.17) is 9.47 Å². The maximum Gasteiger partial charge on any atom is 0.293 e. The SMILES string of the molecule is CC(C)(C)OC=O.CO[NH3+].COc1ccc(CNSc2ccccc2N2CC=C(CN(C)CC(F)F)C=N2)c(OC)c1. The number of carbonyl (C=O) groups is 1. The highest BCUT2D eigenvalue weighted by molar-refractivity contribution is 7.97. The van der Waals surface area contributed by atoms with Gasteiger partial charge in [0.25, 0.3) is 12.9 Å². The van der Waals surface area contributed by atoms with Crippen molar-refractivity contribution in [3.8, 4) is 11.5 Å². The highest BCUT2D eigenvalue weighted by Gasteiger charge is 2.15. The molecular weight excluding hydrogens is 568 g/mol. The van der Waals surface area contributed by atoms with Gasteiger partial charge >= 0.3 is 0 Å². The summed E-state index contributed by atoms with van der Waals surface area (Å²) in [6.45, 7) is 7.31. The van der Waals surface area contributed by atoms with Crippen LogP contribution >= 0.6 is 11.9 Å². The molecule has 1 aliphatic rings. The average Bonchev–Trinajstić information content (AvgIpc) is 2.93. The van der Waals surface area contributed by atoms with Gasteiger partial charge in [-0.05, 0) is 63.5 Å². The molecule has 42 heavy (non-hydrogen) atoms. The number of quaternary nitrogens is 1. The molecule has 2 aromatic rings. The molecule has 4 N–H and O–H groups in total. The zero-order chi connectivity index (χ0) is 31.5. The van der Waals surface area contributed by atoms with E-state index in [-0.39, 0.29) is 12.1 Å². The first-order valence-corrected chi connectivity index (χ1v) is 13.9. The number of nitrogens with zero attached hydrogens (tertiary/aromatic N) is 3. The first kappa shape index (κ1) is 36.8. The van der Waals surface area contributed by atoms with Gasteiger partial charge in [0, 0.05) is 29.6 Å². The van der Waals surface area contributed by atoms with Crippen LogP contribution in [0.15, 0.2) is 64.1 Å². The first-order chi connectivity index (χ1) is 20.0. The summed E-state index contributed by atoms with van der Waals surface area (Å²) in [5.41, 5.74) is 2.61. The van der Waals surface area contributed by atoms with E-state index in [1.165, 1.54) is 19.1 Å². The van der Waals surface area contributed by atoms with Gasteiger partial charge in [0.05, 0.1) is 46.3 Å². The van der Waals surface area contributed by atoms with Crippen LogP contribution in [-0.2, 0) is 20.9 Å². The monoisotopic (exact) mass is 612 g/mol. The predicted molar refractivity (Wildman–Crippen MR) is 163 cm³/mol. The van der Waals surface area contributed by atoms with Crippen molar-refractivity contribution in [3.63, 3.8) is 0 Å². The van der Waals surface area contributed by atoms with Crippen molar-refractivity contribution in [1.82, 2.24) is 9.62 Å². The van der Waals surface area contributed by atoms with Gasteiger partial charge < -0.3 is 14.2 Å². The Kier molecular flexibility index (Phi) is 17.4. The summed E-state index contributed by atoms with van der Waals surface area (Å²) in [5.74, 6) is 4.50. The Bertz CT molecular complexity index is 1130. The van der Waals surface area contributed by atoms with E-state index in [9.17, 15) is 13.6 Å². The fourth-order valence-electron chi connectivity index (χ4n) is 3.42. The molecule has 1 heterocycles. The molecule has 1 aliphatic heterocycles. The third-order valence-electron chi connectivity index (χ3n) is 5.28. The molecule has 0 bridgehead atoms. The van der Waals surface area contributed by atoms with Gasteiger partial charge in [-0.1, -0.05) is 24.3 Å². The molecule has 0 aromatic heterocycles. The molecule has 0 radical (unpaired) electrons. The lowest BCUT2D eigenvalue weighted by Gasteiger charge is -2.25. The van der Waals surface area contributed by atoms with Gasteiger partial charge in [0.2, 0.25) is 0 Å². The minimum Gasteiger partial charge on any atom is -0.497 e. The van der Waals surface area contributed by atoms with Crippen LogP contribution in [0.5, 0.6) is 11.5 Å². The second-order valence-electron chi connectivity index (χ2n) is 9.88. The largest absolute Gasteiger partial charge is 0.497 e. The number of hydrogen-bond acceptors (Lipinski definition) is 10. The van der Waals surface area contributed by atoms with Gasteiger partial charge in [-0.3, -0.25) is 19.4 Å². The van der Waals surface area contributed by atoms with Crippen molar-refractivity contribution in [1.29, 1.82) is 0 Å². The highest BCUT2D eigenvalue weighted by atomic mass is 32.2. The van der Waals surface area contributed by atoms with Crippen molar-refractivity contribution >= 4 is 30.3 Å². The third kappa shape index (κ3) is 14.6. The summed E-state index contributed by atoms with van der Waals surface area (Å²) in [7, 11) is 6.47. The lowest BCUT2D eigenvalue weighted by atomic mass is 10.2. The number of ether oxygens (including phenoxy) is 3. The van der Waals surface area contributed by atoms with E-state index in [2.05, 4.69) is 25.3 Å². The molecule has 0 atom stereocenters. The quantitative estimate of drug-likeness (QED) is 0.207. The number of halogens is 2. The Morgan fingerprint density at radius 3 is 2.38 bits per heavy atom. The summed E-state index contributed by atoms with van der Waals surface area (Å²) in [6.07, 6.45) is 1.42. The predicted octanol–water partition coefficient (Wildman–Crippen LogP) is 4.18. The summed E-state index contributed by atoms with van der Waals surface area (Å²) < 4.78 is 43.7. The summed E-state index contributed by atoms with van der Waals surface area (Å²) in [4.78, 5) is 16.2. The van der Waals surface area contributed by atoms with Crippen molar-refractivity contribution in [2.24, 2.45) is 5.10 Å². The van der Waals surface area contributed by atoms with Gasteiger partial charge in [-0.2, -0.15) is 5.10 Å². The molecule has 3 rings (SSSR count). The molecule has 0 aliphatic carbocycles. The van der Waals surface area contributed by atoms with Crippen LogP contribution in [0, 0.1) is 0 Å². The van der Waals surface area contributed by atoms with Crippen LogP contribution in [0.25, 0.3) is 0 Å². The van der Waals surface area contributed by atoms with Gasteiger partial charge in [-0.15, -0.1) is 0 Å². The van der Waals surface area contributed by atoms with E-state index in [0.717, 1.165) is 33.2 Å². The van der Waals surface area contributed by atoms with Crippen LogP contribution in [0.4, 0.5) is 14.5 Å². The number of anilines is 1. The molecule has 0 amide bonds. The Hall–Kier alpha value is -3.23. The topological polar surface area (TPSA) is 112 Å². The number of alkyl halides is 2. The van der Waals surface area contributed by atoms with Crippen LogP contribution in [0.2, 0.25) is 0 Å². The van der Waals surface area contributed by atoms with Crippen molar-refractivity contribution in [2.45, 2.75) is 44.2 Å². The Labute approximate surface area is 251 Å². The number of para-hydroxylation sites is 1. The number of rotatable bonds is 12.